The highest BCUT2D eigenvalue weighted by Crippen LogP contribution is 2.43. The molecule has 2 atom stereocenters. The molecule has 2 aliphatic heterocycles. The number of aliphatic hydroxyl groups excluding tert-OH is 1. The van der Waals surface area contributed by atoms with E-state index in [4.69, 9.17) is 18.9 Å². The lowest BCUT2D eigenvalue weighted by Crippen LogP contribution is -2.31. The molecular formula is C31H39NO7. The molecule has 210 valence electrons. The van der Waals surface area contributed by atoms with Crippen LogP contribution in [0.2, 0.25) is 0 Å². The maximum Gasteiger partial charge on any atom is 0.295 e. The number of ketones is 1. The first kappa shape index (κ1) is 28.5. The van der Waals surface area contributed by atoms with Gasteiger partial charge in [0.05, 0.1) is 24.8 Å². The van der Waals surface area contributed by atoms with Gasteiger partial charge in [0.1, 0.15) is 17.6 Å². The number of likely N-dealkylation sites (tertiary alicyclic amines) is 1. The number of ether oxygens (including phenoxy) is 4. The van der Waals surface area contributed by atoms with E-state index in [1.165, 1.54) is 4.90 Å². The summed E-state index contributed by atoms with van der Waals surface area (Å²) in [6.45, 7) is 9.85. The molecule has 0 aliphatic carbocycles. The first-order chi connectivity index (χ1) is 18.7. The number of carbonyl (C=O) groups excluding carboxylic acids is 2. The molecule has 4 rings (SSSR count). The number of Topliss-reactive ketones (excluding diaryl/α,β-unsaturated/α-hetero) is 1. The van der Waals surface area contributed by atoms with Gasteiger partial charge in [-0.25, -0.2) is 0 Å². The van der Waals surface area contributed by atoms with Gasteiger partial charge in [0.25, 0.3) is 11.7 Å². The molecule has 1 saturated heterocycles. The molecule has 0 bridgehead atoms. The van der Waals surface area contributed by atoms with E-state index in [-0.39, 0.29) is 17.4 Å². The number of methoxy groups -OCH3 is 1. The summed E-state index contributed by atoms with van der Waals surface area (Å²) in [6.07, 6.45) is 2.20. The van der Waals surface area contributed by atoms with Gasteiger partial charge in [-0.05, 0) is 74.1 Å². The Morgan fingerprint density at radius 1 is 1.10 bits per heavy atom. The summed E-state index contributed by atoms with van der Waals surface area (Å²) in [4.78, 5) is 28.2. The van der Waals surface area contributed by atoms with Crippen molar-refractivity contribution in [3.8, 4) is 17.2 Å². The molecule has 2 aromatic carbocycles. The SMILES string of the molecule is CCOc1cc([C@H]2/C(=C(\O)c3ccc4c(c3)C[C@@H](C)O4)C(=O)C(=O)N2CCCOC)ccc1OCCC(C)C. The normalized spacial score (nSPS) is 19.9. The predicted molar refractivity (Wildman–Crippen MR) is 148 cm³/mol. The van der Waals surface area contributed by atoms with Crippen molar-refractivity contribution in [3.05, 3.63) is 58.7 Å². The van der Waals surface area contributed by atoms with Gasteiger partial charge in [0.15, 0.2) is 11.5 Å². The Labute approximate surface area is 230 Å². The van der Waals surface area contributed by atoms with E-state index in [2.05, 4.69) is 13.8 Å². The summed E-state index contributed by atoms with van der Waals surface area (Å²) in [5.41, 5.74) is 2.15. The Kier molecular flexibility index (Phi) is 9.17. The molecule has 0 saturated carbocycles. The number of fused-ring (bicyclic) bond motifs is 1. The Bertz CT molecular complexity index is 1240. The van der Waals surface area contributed by atoms with Crippen molar-refractivity contribution in [1.29, 1.82) is 0 Å². The fraction of sp³-hybridized carbons (Fsp3) is 0.484. The van der Waals surface area contributed by atoms with Crippen molar-refractivity contribution in [2.75, 3.05) is 33.5 Å². The fourth-order valence-corrected chi connectivity index (χ4v) is 5.05. The van der Waals surface area contributed by atoms with E-state index >= 15 is 0 Å². The van der Waals surface area contributed by atoms with Crippen LogP contribution in [0.15, 0.2) is 42.0 Å². The van der Waals surface area contributed by atoms with E-state index in [0.717, 1.165) is 17.7 Å². The molecular weight excluding hydrogens is 498 g/mol. The summed E-state index contributed by atoms with van der Waals surface area (Å²) >= 11 is 0. The molecule has 39 heavy (non-hydrogen) atoms. The minimum atomic E-state index is -0.783. The van der Waals surface area contributed by atoms with Crippen LogP contribution in [0.5, 0.6) is 17.2 Å². The molecule has 8 heteroatoms. The molecule has 2 heterocycles. The van der Waals surface area contributed by atoms with Crippen LogP contribution in [-0.2, 0) is 20.7 Å². The molecule has 1 fully saturated rings. The number of amides is 1. The summed E-state index contributed by atoms with van der Waals surface area (Å²) in [7, 11) is 1.59. The first-order valence-electron chi connectivity index (χ1n) is 13.7. The standard InChI is InChI=1S/C31H39NO7/c1-6-37-26-18-21(8-11-25(26)38-15-12-19(2)3)28-27(30(34)31(35)32(28)13-7-14-36-5)29(33)22-9-10-24-23(17-22)16-20(4)39-24/h8-11,17-20,28,33H,6-7,12-16H2,1-5H3/b29-27+/t20-,28+/m1/s1. The van der Waals surface area contributed by atoms with Crippen LogP contribution in [0, 0.1) is 5.92 Å². The minimum Gasteiger partial charge on any atom is -0.507 e. The molecule has 1 amide bonds. The van der Waals surface area contributed by atoms with Crippen LogP contribution in [-0.4, -0.2) is 61.3 Å². The van der Waals surface area contributed by atoms with Gasteiger partial charge in [-0.2, -0.15) is 0 Å². The highest BCUT2D eigenvalue weighted by atomic mass is 16.5. The molecule has 2 aliphatic rings. The topological polar surface area (TPSA) is 94.5 Å². The summed E-state index contributed by atoms with van der Waals surface area (Å²) in [6, 6.07) is 10.0. The van der Waals surface area contributed by atoms with Gasteiger partial charge >= 0.3 is 0 Å². The average molecular weight is 538 g/mol. The summed E-state index contributed by atoms with van der Waals surface area (Å²) in [5, 5.41) is 11.5. The van der Waals surface area contributed by atoms with Crippen molar-refractivity contribution >= 4 is 17.4 Å². The lowest BCUT2D eigenvalue weighted by atomic mass is 9.94. The van der Waals surface area contributed by atoms with Crippen molar-refractivity contribution in [3.63, 3.8) is 0 Å². The van der Waals surface area contributed by atoms with Gasteiger partial charge in [0.2, 0.25) is 0 Å². The van der Waals surface area contributed by atoms with Crippen LogP contribution in [0.4, 0.5) is 0 Å². The Morgan fingerprint density at radius 3 is 2.62 bits per heavy atom. The molecule has 0 unspecified atom stereocenters. The van der Waals surface area contributed by atoms with Crippen LogP contribution in [0.3, 0.4) is 0 Å². The lowest BCUT2D eigenvalue weighted by molar-refractivity contribution is -0.140. The number of carbonyl (C=O) groups is 2. The second-order valence-corrected chi connectivity index (χ2v) is 10.5. The summed E-state index contributed by atoms with van der Waals surface area (Å²) in [5.74, 6) is 0.840. The molecule has 0 radical (unpaired) electrons. The van der Waals surface area contributed by atoms with Crippen LogP contribution in [0.1, 0.15) is 63.3 Å². The van der Waals surface area contributed by atoms with Gasteiger partial charge in [-0.3, -0.25) is 9.59 Å². The molecule has 2 aromatic rings. The fourth-order valence-electron chi connectivity index (χ4n) is 5.05. The van der Waals surface area contributed by atoms with E-state index in [1.54, 1.807) is 25.3 Å². The number of nitrogens with zero attached hydrogens (tertiary/aromatic N) is 1. The smallest absolute Gasteiger partial charge is 0.295 e. The second-order valence-electron chi connectivity index (χ2n) is 10.5. The van der Waals surface area contributed by atoms with Gasteiger partial charge in [0, 0.05) is 32.2 Å². The number of rotatable bonds is 12. The molecule has 8 nitrogen and oxygen atoms in total. The Morgan fingerprint density at radius 2 is 1.90 bits per heavy atom. The maximum absolute atomic E-state index is 13.4. The van der Waals surface area contributed by atoms with E-state index in [9.17, 15) is 14.7 Å². The zero-order chi connectivity index (χ0) is 28.1. The Hall–Kier alpha value is -3.52. The predicted octanol–water partition coefficient (Wildman–Crippen LogP) is 5.29. The zero-order valence-electron chi connectivity index (χ0n) is 23.5. The molecule has 0 aromatic heterocycles. The molecule has 0 spiro atoms. The van der Waals surface area contributed by atoms with E-state index in [0.29, 0.717) is 67.8 Å². The number of aliphatic hydroxyl groups is 1. The monoisotopic (exact) mass is 537 g/mol. The van der Waals surface area contributed by atoms with Gasteiger partial charge in [-0.1, -0.05) is 19.9 Å². The summed E-state index contributed by atoms with van der Waals surface area (Å²) < 4.78 is 22.9. The highest BCUT2D eigenvalue weighted by Gasteiger charge is 2.46. The number of hydrogen-bond donors (Lipinski definition) is 1. The molecule has 1 N–H and O–H groups in total. The second kappa shape index (κ2) is 12.6. The lowest BCUT2D eigenvalue weighted by Gasteiger charge is -2.26. The number of hydrogen-bond acceptors (Lipinski definition) is 7. The quantitative estimate of drug-likeness (QED) is 0.170. The van der Waals surface area contributed by atoms with Crippen molar-refractivity contribution in [1.82, 2.24) is 4.90 Å². The Balaban J connectivity index is 1.77. The third kappa shape index (κ3) is 6.22. The van der Waals surface area contributed by atoms with Crippen molar-refractivity contribution in [2.45, 2.75) is 59.1 Å². The third-order valence-corrected chi connectivity index (χ3v) is 6.99. The van der Waals surface area contributed by atoms with Crippen LogP contribution < -0.4 is 14.2 Å². The minimum absolute atomic E-state index is 0.0435. The largest absolute Gasteiger partial charge is 0.507 e. The number of benzene rings is 2. The van der Waals surface area contributed by atoms with Crippen molar-refractivity contribution in [2.24, 2.45) is 5.92 Å². The van der Waals surface area contributed by atoms with Crippen LogP contribution >= 0.6 is 0 Å². The average Bonchev–Trinajstić information content (AvgIpc) is 3.40. The van der Waals surface area contributed by atoms with Gasteiger partial charge in [-0.15, -0.1) is 0 Å². The van der Waals surface area contributed by atoms with Crippen molar-refractivity contribution < 1.29 is 33.6 Å². The maximum atomic E-state index is 13.4. The highest BCUT2D eigenvalue weighted by molar-refractivity contribution is 6.46. The van der Waals surface area contributed by atoms with Crippen LogP contribution in [0.25, 0.3) is 5.76 Å². The van der Waals surface area contributed by atoms with Gasteiger partial charge < -0.3 is 29.0 Å². The van der Waals surface area contributed by atoms with E-state index < -0.39 is 17.7 Å². The zero-order valence-corrected chi connectivity index (χ0v) is 23.5. The third-order valence-electron chi connectivity index (χ3n) is 6.99. The van der Waals surface area contributed by atoms with E-state index in [1.807, 2.05) is 32.0 Å². The first-order valence-corrected chi connectivity index (χ1v) is 13.7.